The molecule has 0 unspecified atom stereocenters. The van der Waals surface area contributed by atoms with Crippen molar-refractivity contribution in [2.45, 2.75) is 97.0 Å². The van der Waals surface area contributed by atoms with Crippen LogP contribution in [0.2, 0.25) is 0 Å². The van der Waals surface area contributed by atoms with Crippen LogP contribution < -0.4 is 15.4 Å². The Bertz CT molecular complexity index is 2280. The molecule has 4 aliphatic heterocycles. The highest BCUT2D eigenvalue weighted by molar-refractivity contribution is 6.06. The predicted molar refractivity (Wildman–Crippen MR) is 229 cm³/mol. The zero-order valence-corrected chi connectivity index (χ0v) is 36.1. The fourth-order valence-electron chi connectivity index (χ4n) is 9.77. The maximum absolute atomic E-state index is 14.1. The number of nitrogens with one attached hydrogen (secondary N) is 3. The fraction of sp³-hybridized carbons (Fsp3) is 0.522. The number of imidazole rings is 1. The summed E-state index contributed by atoms with van der Waals surface area (Å²) >= 11 is 0. The van der Waals surface area contributed by atoms with E-state index >= 15 is 0 Å². The summed E-state index contributed by atoms with van der Waals surface area (Å²) in [7, 11) is 4.28. The zero-order chi connectivity index (χ0) is 43.1. The molecule has 324 valence electrons. The number of hydrogen-bond acceptors (Lipinski definition) is 10. The number of rotatable bonds is 11. The number of aliphatic imine (C=N–C) groups is 1. The van der Waals surface area contributed by atoms with Crippen molar-refractivity contribution < 1.29 is 38.1 Å². The number of aromatic amines is 1. The van der Waals surface area contributed by atoms with Gasteiger partial charge in [-0.05, 0) is 95.5 Å². The van der Waals surface area contributed by atoms with Gasteiger partial charge in [0, 0.05) is 49.5 Å². The van der Waals surface area contributed by atoms with Crippen LogP contribution in [-0.4, -0.2) is 109 Å². The Balaban J connectivity index is 0.992. The van der Waals surface area contributed by atoms with Crippen molar-refractivity contribution in [1.29, 1.82) is 0 Å². The van der Waals surface area contributed by atoms with E-state index in [9.17, 15) is 19.2 Å². The predicted octanol–water partition coefficient (Wildman–Crippen LogP) is 6.43. The monoisotopic (exact) mass is 835 g/mol. The molecule has 5 atom stereocenters. The molecule has 2 aromatic carbocycles. The summed E-state index contributed by atoms with van der Waals surface area (Å²) in [5.74, 6) is 1.19. The number of benzene rings is 2. The molecule has 0 bridgehead atoms. The molecule has 15 nitrogen and oxygen atoms in total. The zero-order valence-electron chi connectivity index (χ0n) is 36.1. The number of aromatic nitrogens is 2. The van der Waals surface area contributed by atoms with Crippen LogP contribution in [0, 0.1) is 17.8 Å². The van der Waals surface area contributed by atoms with Gasteiger partial charge in [-0.25, -0.2) is 14.6 Å². The summed E-state index contributed by atoms with van der Waals surface area (Å²) in [5, 5.41) is 5.47. The minimum absolute atomic E-state index is 0.114. The molecule has 0 radical (unpaired) electrons. The first-order chi connectivity index (χ1) is 29.4. The third-order valence-corrected chi connectivity index (χ3v) is 12.9. The van der Waals surface area contributed by atoms with Crippen molar-refractivity contribution in [3.63, 3.8) is 0 Å². The number of nitrogens with zero attached hydrogens (tertiary/aromatic N) is 4. The topological polar surface area (TPSA) is 177 Å². The van der Waals surface area contributed by atoms with E-state index in [0.717, 1.165) is 88.6 Å². The third kappa shape index (κ3) is 8.11. The standard InChI is InChI=1S/C46H57N7O8/c1-24(2)40(50-45(56)59-6)43(54)52-14-8-9-37(52)42-47-20-36(49-42)28-10-12-30-29(16-28)23-61-39-19-31-27(17-33(30)39)11-13-34-32(31)18-35(48-34)38-15-26(22-58-5)21-53(38)44(55)41(25(3)4)51-46(57)60-7/h10,12,16-17,19-20,24-26,37-38,40-41H,8-9,11,13-15,18,21-23H2,1-7H3,(H,47,49)(H,50,56)(H,51,57)/t26-,37-,38-,40-,41-/m0/s1. The molecule has 8 rings (SSSR count). The maximum Gasteiger partial charge on any atom is 0.407 e. The molecule has 2 fully saturated rings. The van der Waals surface area contributed by atoms with Crippen LogP contribution in [0.3, 0.4) is 0 Å². The minimum Gasteiger partial charge on any atom is -0.488 e. The summed E-state index contributed by atoms with van der Waals surface area (Å²) in [6.45, 7) is 9.72. The number of hydrogen-bond donors (Lipinski definition) is 3. The Hall–Kier alpha value is -5.70. The Morgan fingerprint density at radius 2 is 1.59 bits per heavy atom. The SMILES string of the molecule is COC[C@H]1C[C@@H](C2=NC3=C(C2)c2cc4c(cc2CC3)-c2ccc(-c3cnc([C@@H]5CCCN5C(=O)[C@@H](NC(=O)OC)C(C)C)[nH]3)cc2CO4)N(C(=O)[C@@H](NC(=O)OC)C(C)C)C1. The van der Waals surface area contributed by atoms with E-state index in [2.05, 4.69) is 45.9 Å². The highest BCUT2D eigenvalue weighted by Crippen LogP contribution is 2.47. The first-order valence-electron chi connectivity index (χ1n) is 21.5. The average molecular weight is 836 g/mol. The van der Waals surface area contributed by atoms with E-state index < -0.39 is 24.3 Å². The van der Waals surface area contributed by atoms with Crippen molar-refractivity contribution in [3.8, 4) is 28.1 Å². The number of fused-ring (bicyclic) bond motifs is 5. The summed E-state index contributed by atoms with van der Waals surface area (Å²) in [6.07, 6.45) is 5.23. The minimum atomic E-state index is -0.719. The first kappa shape index (κ1) is 42.0. The van der Waals surface area contributed by atoms with Crippen LogP contribution in [-0.2, 0) is 36.8 Å². The van der Waals surface area contributed by atoms with Gasteiger partial charge in [-0.15, -0.1) is 0 Å². The lowest BCUT2D eigenvalue weighted by Crippen LogP contribution is -2.53. The van der Waals surface area contributed by atoms with Gasteiger partial charge in [0.1, 0.15) is 30.3 Å². The number of methoxy groups -OCH3 is 3. The molecular formula is C46H57N7O8. The second kappa shape index (κ2) is 17.3. The molecule has 61 heavy (non-hydrogen) atoms. The first-order valence-corrected chi connectivity index (χ1v) is 21.5. The summed E-state index contributed by atoms with van der Waals surface area (Å²) in [4.78, 5) is 69.2. The molecule has 5 heterocycles. The number of carbonyl (C=O) groups excluding carboxylic acids is 4. The van der Waals surface area contributed by atoms with E-state index in [0.29, 0.717) is 32.7 Å². The van der Waals surface area contributed by atoms with Crippen molar-refractivity contribution in [2.75, 3.05) is 41.0 Å². The summed E-state index contributed by atoms with van der Waals surface area (Å²) < 4.78 is 21.7. The van der Waals surface area contributed by atoms with Gasteiger partial charge in [0.2, 0.25) is 11.8 Å². The Kier molecular flexibility index (Phi) is 11.9. The van der Waals surface area contributed by atoms with Crippen molar-refractivity contribution in [2.24, 2.45) is 22.7 Å². The van der Waals surface area contributed by atoms with E-state index in [-0.39, 0.29) is 41.7 Å². The van der Waals surface area contributed by atoms with E-state index in [4.69, 9.17) is 28.9 Å². The molecule has 0 saturated carbocycles. The molecule has 4 amide bonds. The number of likely N-dealkylation sites (tertiary alicyclic amines) is 2. The highest BCUT2D eigenvalue weighted by Gasteiger charge is 2.44. The van der Waals surface area contributed by atoms with Crippen molar-refractivity contribution >= 4 is 35.3 Å². The Morgan fingerprint density at radius 3 is 2.28 bits per heavy atom. The van der Waals surface area contributed by atoms with Crippen LogP contribution >= 0.6 is 0 Å². The van der Waals surface area contributed by atoms with Gasteiger partial charge in [-0.1, -0.05) is 39.8 Å². The van der Waals surface area contributed by atoms with E-state index in [1.807, 2.05) is 43.7 Å². The maximum atomic E-state index is 14.1. The van der Waals surface area contributed by atoms with Crippen molar-refractivity contribution in [3.05, 3.63) is 64.7 Å². The van der Waals surface area contributed by atoms with Gasteiger partial charge < -0.3 is 44.4 Å². The molecule has 3 N–H and O–H groups in total. The van der Waals surface area contributed by atoms with Crippen LogP contribution in [0.25, 0.3) is 28.0 Å². The highest BCUT2D eigenvalue weighted by atomic mass is 16.5. The van der Waals surface area contributed by atoms with Crippen LogP contribution in [0.1, 0.15) is 88.4 Å². The smallest absolute Gasteiger partial charge is 0.407 e. The molecule has 3 aromatic rings. The van der Waals surface area contributed by atoms with Crippen LogP contribution in [0.5, 0.6) is 5.75 Å². The number of allylic oxidation sites excluding steroid dienone is 2. The number of H-pyrrole nitrogens is 1. The number of alkyl carbamates (subject to hydrolysis) is 2. The van der Waals surface area contributed by atoms with Gasteiger partial charge in [0.25, 0.3) is 0 Å². The second-order valence-corrected chi connectivity index (χ2v) is 17.5. The average Bonchev–Trinajstić information content (AvgIpc) is 4.09. The second-order valence-electron chi connectivity index (χ2n) is 17.5. The molecule has 1 aliphatic carbocycles. The summed E-state index contributed by atoms with van der Waals surface area (Å²) in [5.41, 5.74) is 10.7. The fourth-order valence-corrected chi connectivity index (χ4v) is 9.77. The van der Waals surface area contributed by atoms with Gasteiger partial charge in [-0.2, -0.15) is 0 Å². The largest absolute Gasteiger partial charge is 0.488 e. The third-order valence-electron chi connectivity index (χ3n) is 12.9. The van der Waals surface area contributed by atoms with Gasteiger partial charge in [-0.3, -0.25) is 14.6 Å². The quantitative estimate of drug-likeness (QED) is 0.197. The van der Waals surface area contributed by atoms with Gasteiger partial charge >= 0.3 is 12.2 Å². The van der Waals surface area contributed by atoms with Crippen molar-refractivity contribution in [1.82, 2.24) is 30.4 Å². The number of ether oxygens (including phenoxy) is 4. The van der Waals surface area contributed by atoms with Gasteiger partial charge in [0.15, 0.2) is 0 Å². The normalized spacial score (nSPS) is 21.3. The van der Waals surface area contributed by atoms with E-state index in [1.165, 1.54) is 25.4 Å². The summed E-state index contributed by atoms with van der Waals surface area (Å²) in [6, 6.07) is 9.01. The number of aryl methyl sites for hydroxylation is 1. The van der Waals surface area contributed by atoms with Crippen LogP contribution in [0.4, 0.5) is 9.59 Å². The molecule has 5 aliphatic rings. The van der Waals surface area contributed by atoms with Gasteiger partial charge in [0.05, 0.1) is 44.8 Å². The lowest BCUT2D eigenvalue weighted by molar-refractivity contribution is -0.135. The number of amides is 4. The van der Waals surface area contributed by atoms with E-state index in [1.54, 1.807) is 7.11 Å². The lowest BCUT2D eigenvalue weighted by atomic mass is 9.83. The lowest BCUT2D eigenvalue weighted by Gasteiger charge is -2.31. The molecule has 2 saturated heterocycles. The molecule has 0 spiro atoms. The molecule has 1 aromatic heterocycles. The molecule has 15 heteroatoms. The molecular weight excluding hydrogens is 779 g/mol. The van der Waals surface area contributed by atoms with Crippen LogP contribution in [0.15, 0.2) is 47.2 Å². The number of carbonyl (C=O) groups is 4. The Labute approximate surface area is 356 Å². The Morgan fingerprint density at radius 1 is 0.869 bits per heavy atom.